The van der Waals surface area contributed by atoms with Crippen molar-refractivity contribution in [3.8, 4) is 6.07 Å². The van der Waals surface area contributed by atoms with Crippen LogP contribution in [0.5, 0.6) is 0 Å². The normalized spacial score (nSPS) is 10.0. The number of hydrogen-bond acceptors (Lipinski definition) is 2. The number of halogens is 3. The molecule has 2 aromatic rings. The first kappa shape index (κ1) is 14.0. The average Bonchev–Trinajstić information content (AvgIpc) is 2.40. The summed E-state index contributed by atoms with van der Waals surface area (Å²) >= 11 is 6.71. The Morgan fingerprint density at radius 1 is 1.11 bits per heavy atom. The fourth-order valence-electron chi connectivity index (χ4n) is 1.59. The molecule has 5 heteroatoms. The fraction of sp³-hybridized carbons (Fsp3) is 0.0714. The molecule has 0 aromatic heterocycles. The van der Waals surface area contributed by atoms with Crippen molar-refractivity contribution >= 4 is 37.5 Å². The molecule has 0 aliphatic carbocycles. The molecule has 96 valence electrons. The van der Waals surface area contributed by atoms with Gasteiger partial charge < -0.3 is 5.32 Å². The molecule has 0 amide bonds. The van der Waals surface area contributed by atoms with E-state index in [0.29, 0.717) is 12.1 Å². The van der Waals surface area contributed by atoms with Gasteiger partial charge in [-0.2, -0.15) is 5.26 Å². The molecular formula is C14H9Br2FN2. The Bertz CT molecular complexity index is 650. The minimum absolute atomic E-state index is 0.263. The van der Waals surface area contributed by atoms with Crippen LogP contribution in [-0.4, -0.2) is 0 Å². The van der Waals surface area contributed by atoms with Gasteiger partial charge in [0.1, 0.15) is 11.9 Å². The molecule has 0 aliphatic rings. The Morgan fingerprint density at radius 3 is 2.58 bits per heavy atom. The lowest BCUT2D eigenvalue weighted by molar-refractivity contribution is 0.625. The predicted molar refractivity (Wildman–Crippen MR) is 80.3 cm³/mol. The number of anilines is 1. The van der Waals surface area contributed by atoms with Crippen molar-refractivity contribution in [1.82, 2.24) is 0 Å². The first-order chi connectivity index (χ1) is 9.10. The standard InChI is InChI=1S/C14H9Br2FN2/c15-13-4-2-11(17)5-10(13)8-19-12-3-1-9(7-18)14(16)6-12/h1-6,19H,8H2. The average molecular weight is 384 g/mol. The summed E-state index contributed by atoms with van der Waals surface area (Å²) < 4.78 is 14.7. The van der Waals surface area contributed by atoms with Crippen molar-refractivity contribution in [2.24, 2.45) is 0 Å². The third-order valence-electron chi connectivity index (χ3n) is 2.58. The van der Waals surface area contributed by atoms with Crippen LogP contribution in [0.2, 0.25) is 0 Å². The summed E-state index contributed by atoms with van der Waals surface area (Å²) in [5.41, 5.74) is 2.28. The van der Waals surface area contributed by atoms with E-state index in [0.717, 1.165) is 20.2 Å². The van der Waals surface area contributed by atoms with Crippen LogP contribution in [0.1, 0.15) is 11.1 Å². The molecule has 0 unspecified atom stereocenters. The minimum Gasteiger partial charge on any atom is -0.381 e. The zero-order valence-corrected chi connectivity index (χ0v) is 12.9. The van der Waals surface area contributed by atoms with Gasteiger partial charge in [0.15, 0.2) is 0 Å². The molecule has 0 radical (unpaired) electrons. The Kier molecular flexibility index (Phi) is 4.56. The minimum atomic E-state index is -0.263. The van der Waals surface area contributed by atoms with Crippen LogP contribution >= 0.6 is 31.9 Å². The lowest BCUT2D eigenvalue weighted by atomic mass is 10.2. The number of rotatable bonds is 3. The second-order valence-electron chi connectivity index (χ2n) is 3.90. The molecule has 0 fully saturated rings. The van der Waals surface area contributed by atoms with Crippen molar-refractivity contribution < 1.29 is 4.39 Å². The van der Waals surface area contributed by atoms with Gasteiger partial charge in [-0.3, -0.25) is 0 Å². The molecular weight excluding hydrogens is 375 g/mol. The molecule has 0 spiro atoms. The molecule has 1 N–H and O–H groups in total. The van der Waals surface area contributed by atoms with Crippen LogP contribution in [0.25, 0.3) is 0 Å². The lowest BCUT2D eigenvalue weighted by Crippen LogP contribution is -2.01. The highest BCUT2D eigenvalue weighted by Gasteiger charge is 2.03. The van der Waals surface area contributed by atoms with E-state index >= 15 is 0 Å². The van der Waals surface area contributed by atoms with Gasteiger partial charge in [-0.1, -0.05) is 15.9 Å². The van der Waals surface area contributed by atoms with E-state index in [-0.39, 0.29) is 5.82 Å². The summed E-state index contributed by atoms with van der Waals surface area (Å²) in [7, 11) is 0. The van der Waals surface area contributed by atoms with Crippen LogP contribution in [0, 0.1) is 17.1 Å². The highest BCUT2D eigenvalue weighted by molar-refractivity contribution is 9.10. The van der Waals surface area contributed by atoms with E-state index < -0.39 is 0 Å². The summed E-state index contributed by atoms with van der Waals surface area (Å²) in [5.74, 6) is -0.263. The fourth-order valence-corrected chi connectivity index (χ4v) is 2.45. The number of nitrogens with one attached hydrogen (secondary N) is 1. The zero-order chi connectivity index (χ0) is 13.8. The predicted octanol–water partition coefficient (Wildman–Crippen LogP) is 4.83. The first-order valence-electron chi connectivity index (χ1n) is 5.47. The smallest absolute Gasteiger partial charge is 0.123 e. The van der Waals surface area contributed by atoms with Crippen molar-refractivity contribution in [2.75, 3.05) is 5.32 Å². The van der Waals surface area contributed by atoms with Crippen LogP contribution in [-0.2, 0) is 6.54 Å². The number of hydrogen-bond donors (Lipinski definition) is 1. The molecule has 0 heterocycles. The van der Waals surface area contributed by atoms with Crippen molar-refractivity contribution in [2.45, 2.75) is 6.54 Å². The maximum absolute atomic E-state index is 13.1. The van der Waals surface area contributed by atoms with Crippen molar-refractivity contribution in [3.63, 3.8) is 0 Å². The largest absolute Gasteiger partial charge is 0.381 e. The molecule has 0 saturated carbocycles. The van der Waals surface area contributed by atoms with Gasteiger partial charge in [-0.15, -0.1) is 0 Å². The van der Waals surface area contributed by atoms with Gasteiger partial charge in [-0.05, 0) is 57.9 Å². The summed E-state index contributed by atoms with van der Waals surface area (Å²) in [6, 6.07) is 12.0. The third-order valence-corrected chi connectivity index (χ3v) is 4.01. The van der Waals surface area contributed by atoms with E-state index in [4.69, 9.17) is 5.26 Å². The Hall–Kier alpha value is -1.38. The molecule has 0 bridgehead atoms. The number of benzene rings is 2. The quantitative estimate of drug-likeness (QED) is 0.823. The second kappa shape index (κ2) is 6.18. The van der Waals surface area contributed by atoms with Crippen LogP contribution in [0.4, 0.5) is 10.1 Å². The molecule has 2 nitrogen and oxygen atoms in total. The summed E-state index contributed by atoms with van der Waals surface area (Å²) in [5, 5.41) is 12.0. The highest BCUT2D eigenvalue weighted by atomic mass is 79.9. The molecule has 0 aliphatic heterocycles. The van der Waals surface area contributed by atoms with E-state index in [1.165, 1.54) is 12.1 Å². The number of nitriles is 1. The highest BCUT2D eigenvalue weighted by Crippen LogP contribution is 2.23. The SMILES string of the molecule is N#Cc1ccc(NCc2cc(F)ccc2Br)cc1Br. The summed E-state index contributed by atoms with van der Waals surface area (Å²) in [4.78, 5) is 0. The van der Waals surface area contributed by atoms with Crippen LogP contribution in [0.3, 0.4) is 0 Å². The third kappa shape index (κ3) is 3.55. The van der Waals surface area contributed by atoms with E-state index in [9.17, 15) is 4.39 Å². The topological polar surface area (TPSA) is 35.8 Å². The lowest BCUT2D eigenvalue weighted by Gasteiger charge is -2.09. The van der Waals surface area contributed by atoms with E-state index in [1.54, 1.807) is 12.1 Å². The summed E-state index contributed by atoms with van der Waals surface area (Å²) in [6.45, 7) is 0.497. The zero-order valence-electron chi connectivity index (χ0n) is 9.75. The van der Waals surface area contributed by atoms with Gasteiger partial charge >= 0.3 is 0 Å². The Morgan fingerprint density at radius 2 is 1.89 bits per heavy atom. The molecule has 2 rings (SSSR count). The van der Waals surface area contributed by atoms with Gasteiger partial charge in [0.05, 0.1) is 5.56 Å². The Labute approximate surface area is 127 Å². The van der Waals surface area contributed by atoms with Gasteiger partial charge in [-0.25, -0.2) is 4.39 Å². The van der Waals surface area contributed by atoms with Gasteiger partial charge in [0.25, 0.3) is 0 Å². The summed E-state index contributed by atoms with van der Waals surface area (Å²) in [6.07, 6.45) is 0. The second-order valence-corrected chi connectivity index (χ2v) is 5.60. The van der Waals surface area contributed by atoms with Crippen molar-refractivity contribution in [3.05, 3.63) is 62.3 Å². The van der Waals surface area contributed by atoms with Crippen molar-refractivity contribution in [1.29, 1.82) is 5.26 Å². The monoisotopic (exact) mass is 382 g/mol. The molecule has 19 heavy (non-hydrogen) atoms. The van der Waals surface area contributed by atoms with E-state index in [1.807, 2.05) is 12.1 Å². The Balaban J connectivity index is 2.13. The molecule has 0 saturated heterocycles. The molecule has 2 aromatic carbocycles. The van der Waals surface area contributed by atoms with Crippen LogP contribution in [0.15, 0.2) is 45.3 Å². The maximum Gasteiger partial charge on any atom is 0.123 e. The van der Waals surface area contributed by atoms with Crippen LogP contribution < -0.4 is 5.32 Å². The maximum atomic E-state index is 13.1. The first-order valence-corrected chi connectivity index (χ1v) is 7.06. The van der Waals surface area contributed by atoms with Gasteiger partial charge in [0, 0.05) is 21.2 Å². The van der Waals surface area contributed by atoms with E-state index in [2.05, 4.69) is 43.2 Å². The van der Waals surface area contributed by atoms with Gasteiger partial charge in [0.2, 0.25) is 0 Å². The number of nitrogens with zero attached hydrogens (tertiary/aromatic N) is 1. The molecule has 0 atom stereocenters.